The standard InChI is InChI=1S/C18H23FN4O.HI/c1-13-5-4-10-21-17(13)12-23-18(20-3)22-11-14(2)24-16-8-6-15(19)7-9-16;/h4-10,14H,11-12H2,1-3H3,(H2,20,22,23);1H. The summed E-state index contributed by atoms with van der Waals surface area (Å²) in [6.45, 7) is 5.13. The van der Waals surface area contributed by atoms with Crippen LogP contribution in [0.4, 0.5) is 4.39 Å². The molecule has 2 rings (SSSR count). The molecule has 136 valence electrons. The van der Waals surface area contributed by atoms with E-state index < -0.39 is 0 Å². The Bertz CT molecular complexity index is 679. The number of nitrogens with zero attached hydrogens (tertiary/aromatic N) is 2. The number of aryl methyl sites for hydroxylation is 1. The van der Waals surface area contributed by atoms with Crippen molar-refractivity contribution in [2.45, 2.75) is 26.5 Å². The Hall–Kier alpha value is -1.90. The molecule has 0 spiro atoms. The van der Waals surface area contributed by atoms with E-state index >= 15 is 0 Å². The molecular weight excluding hydrogens is 434 g/mol. The molecule has 5 nitrogen and oxygen atoms in total. The lowest BCUT2D eigenvalue weighted by Crippen LogP contribution is -2.41. The summed E-state index contributed by atoms with van der Waals surface area (Å²) in [7, 11) is 1.71. The minimum absolute atomic E-state index is 0. The summed E-state index contributed by atoms with van der Waals surface area (Å²) < 4.78 is 18.6. The molecule has 1 heterocycles. The summed E-state index contributed by atoms with van der Waals surface area (Å²) in [6.07, 6.45) is 1.68. The van der Waals surface area contributed by atoms with Crippen molar-refractivity contribution < 1.29 is 9.13 Å². The SMILES string of the molecule is CN=C(NCc1ncccc1C)NCC(C)Oc1ccc(F)cc1.I. The molecule has 0 saturated carbocycles. The van der Waals surface area contributed by atoms with Crippen LogP contribution in [-0.4, -0.2) is 30.6 Å². The predicted octanol–water partition coefficient (Wildman–Crippen LogP) is 3.28. The van der Waals surface area contributed by atoms with E-state index in [-0.39, 0.29) is 35.9 Å². The van der Waals surface area contributed by atoms with Crippen molar-refractivity contribution in [1.82, 2.24) is 15.6 Å². The molecule has 0 aliphatic carbocycles. The molecule has 0 aliphatic heterocycles. The average molecular weight is 458 g/mol. The smallest absolute Gasteiger partial charge is 0.191 e. The summed E-state index contributed by atoms with van der Waals surface area (Å²) in [5.74, 6) is 1.04. The van der Waals surface area contributed by atoms with Crippen LogP contribution in [0.15, 0.2) is 47.6 Å². The fourth-order valence-corrected chi connectivity index (χ4v) is 2.12. The van der Waals surface area contributed by atoms with Crippen LogP contribution in [0.2, 0.25) is 0 Å². The van der Waals surface area contributed by atoms with Gasteiger partial charge in [-0.05, 0) is 49.7 Å². The van der Waals surface area contributed by atoms with E-state index in [9.17, 15) is 4.39 Å². The fourth-order valence-electron chi connectivity index (χ4n) is 2.12. The largest absolute Gasteiger partial charge is 0.489 e. The molecule has 0 amide bonds. The lowest BCUT2D eigenvalue weighted by Gasteiger charge is -2.18. The third-order valence-corrected chi connectivity index (χ3v) is 3.47. The van der Waals surface area contributed by atoms with E-state index in [1.807, 2.05) is 26.0 Å². The lowest BCUT2D eigenvalue weighted by atomic mass is 10.2. The van der Waals surface area contributed by atoms with E-state index in [2.05, 4.69) is 20.6 Å². The molecule has 0 aliphatic rings. The number of benzene rings is 1. The van der Waals surface area contributed by atoms with Crippen molar-refractivity contribution in [3.05, 3.63) is 59.7 Å². The van der Waals surface area contributed by atoms with Crippen molar-refractivity contribution in [3.63, 3.8) is 0 Å². The number of rotatable bonds is 6. The Morgan fingerprint density at radius 1 is 1.24 bits per heavy atom. The average Bonchev–Trinajstić information content (AvgIpc) is 2.58. The Kier molecular flexibility index (Phi) is 9.18. The van der Waals surface area contributed by atoms with Gasteiger partial charge in [-0.2, -0.15) is 0 Å². The third kappa shape index (κ3) is 7.25. The number of guanidine groups is 1. The van der Waals surface area contributed by atoms with Crippen LogP contribution in [-0.2, 0) is 6.54 Å². The first-order valence-electron chi connectivity index (χ1n) is 7.85. The second kappa shape index (κ2) is 10.9. The van der Waals surface area contributed by atoms with E-state index in [4.69, 9.17) is 4.74 Å². The zero-order valence-electron chi connectivity index (χ0n) is 14.6. The minimum Gasteiger partial charge on any atom is -0.489 e. The molecule has 0 radical (unpaired) electrons. The maximum Gasteiger partial charge on any atom is 0.191 e. The highest BCUT2D eigenvalue weighted by atomic mass is 127. The molecule has 25 heavy (non-hydrogen) atoms. The van der Waals surface area contributed by atoms with E-state index in [0.29, 0.717) is 24.8 Å². The maximum absolute atomic E-state index is 12.9. The number of hydrogen-bond donors (Lipinski definition) is 2. The highest BCUT2D eigenvalue weighted by Crippen LogP contribution is 2.12. The summed E-state index contributed by atoms with van der Waals surface area (Å²) >= 11 is 0. The van der Waals surface area contributed by atoms with Gasteiger partial charge in [0.05, 0.1) is 18.8 Å². The Balaban J connectivity index is 0.00000312. The van der Waals surface area contributed by atoms with Gasteiger partial charge in [0, 0.05) is 13.2 Å². The van der Waals surface area contributed by atoms with Gasteiger partial charge < -0.3 is 15.4 Å². The number of aliphatic imine (C=N–C) groups is 1. The second-order valence-electron chi connectivity index (χ2n) is 5.46. The quantitative estimate of drug-likeness (QED) is 0.397. The first-order chi connectivity index (χ1) is 11.6. The minimum atomic E-state index is -0.275. The van der Waals surface area contributed by atoms with Gasteiger partial charge in [-0.15, -0.1) is 24.0 Å². The summed E-state index contributed by atoms with van der Waals surface area (Å²) in [6, 6.07) is 9.93. The molecule has 1 unspecified atom stereocenters. The molecule has 0 bridgehead atoms. The van der Waals surface area contributed by atoms with Gasteiger partial charge in [0.25, 0.3) is 0 Å². The highest BCUT2D eigenvalue weighted by Gasteiger charge is 2.07. The van der Waals surface area contributed by atoms with E-state index in [1.54, 1.807) is 25.4 Å². The zero-order chi connectivity index (χ0) is 17.4. The zero-order valence-corrected chi connectivity index (χ0v) is 17.0. The van der Waals surface area contributed by atoms with E-state index in [1.165, 1.54) is 12.1 Å². The molecule has 1 atom stereocenters. The van der Waals surface area contributed by atoms with Crippen LogP contribution in [0.5, 0.6) is 5.75 Å². The monoisotopic (exact) mass is 458 g/mol. The second-order valence-corrected chi connectivity index (χ2v) is 5.46. The summed E-state index contributed by atoms with van der Waals surface area (Å²) in [4.78, 5) is 8.53. The normalized spacial score (nSPS) is 12.1. The third-order valence-electron chi connectivity index (χ3n) is 3.47. The fraction of sp³-hybridized carbons (Fsp3) is 0.333. The van der Waals surface area contributed by atoms with Crippen LogP contribution in [0.3, 0.4) is 0 Å². The Labute approximate surface area is 165 Å². The number of hydrogen-bond acceptors (Lipinski definition) is 3. The summed E-state index contributed by atoms with van der Waals surface area (Å²) in [5.41, 5.74) is 2.12. The Morgan fingerprint density at radius 2 is 1.96 bits per heavy atom. The lowest BCUT2D eigenvalue weighted by molar-refractivity contribution is 0.223. The molecule has 0 fully saturated rings. The molecule has 7 heteroatoms. The van der Waals surface area contributed by atoms with Crippen LogP contribution in [0.25, 0.3) is 0 Å². The van der Waals surface area contributed by atoms with Crippen molar-refractivity contribution >= 4 is 29.9 Å². The van der Waals surface area contributed by atoms with Gasteiger partial charge >= 0.3 is 0 Å². The number of aromatic nitrogens is 1. The van der Waals surface area contributed by atoms with Crippen molar-refractivity contribution in [2.75, 3.05) is 13.6 Å². The van der Waals surface area contributed by atoms with Gasteiger partial charge in [0.15, 0.2) is 5.96 Å². The van der Waals surface area contributed by atoms with E-state index in [0.717, 1.165) is 11.3 Å². The molecular formula is C18H24FIN4O. The first kappa shape index (κ1) is 21.1. The number of nitrogens with one attached hydrogen (secondary N) is 2. The topological polar surface area (TPSA) is 58.5 Å². The van der Waals surface area contributed by atoms with Crippen LogP contribution < -0.4 is 15.4 Å². The maximum atomic E-state index is 12.9. The van der Waals surface area contributed by atoms with Crippen LogP contribution in [0, 0.1) is 12.7 Å². The molecule has 2 aromatic rings. The van der Waals surface area contributed by atoms with Gasteiger partial charge in [-0.3, -0.25) is 9.98 Å². The molecule has 2 N–H and O–H groups in total. The Morgan fingerprint density at radius 3 is 2.60 bits per heavy atom. The van der Waals surface area contributed by atoms with Crippen molar-refractivity contribution in [2.24, 2.45) is 4.99 Å². The van der Waals surface area contributed by atoms with Gasteiger partial charge in [0.1, 0.15) is 17.7 Å². The van der Waals surface area contributed by atoms with Crippen molar-refractivity contribution in [1.29, 1.82) is 0 Å². The van der Waals surface area contributed by atoms with Crippen LogP contribution in [0.1, 0.15) is 18.2 Å². The molecule has 1 aromatic carbocycles. The van der Waals surface area contributed by atoms with Gasteiger partial charge in [-0.25, -0.2) is 4.39 Å². The number of ether oxygens (including phenoxy) is 1. The summed E-state index contributed by atoms with van der Waals surface area (Å²) in [5, 5.41) is 6.43. The number of pyridine rings is 1. The number of halogens is 2. The highest BCUT2D eigenvalue weighted by molar-refractivity contribution is 14.0. The molecule has 1 aromatic heterocycles. The first-order valence-corrected chi connectivity index (χ1v) is 7.85. The van der Waals surface area contributed by atoms with Gasteiger partial charge in [0.2, 0.25) is 0 Å². The van der Waals surface area contributed by atoms with Gasteiger partial charge in [-0.1, -0.05) is 6.07 Å². The van der Waals surface area contributed by atoms with Crippen molar-refractivity contribution in [3.8, 4) is 5.75 Å². The molecule has 0 saturated heterocycles. The van der Waals surface area contributed by atoms with Crippen LogP contribution >= 0.6 is 24.0 Å². The predicted molar refractivity (Wildman–Crippen MR) is 109 cm³/mol.